The van der Waals surface area contributed by atoms with Crippen LogP contribution >= 0.6 is 23.2 Å². The maximum atomic E-state index is 6.07. The van der Waals surface area contributed by atoms with Gasteiger partial charge in [-0.1, -0.05) is 18.5 Å². The van der Waals surface area contributed by atoms with Gasteiger partial charge in [-0.2, -0.15) is 0 Å². The Morgan fingerprint density at radius 3 is 2.88 bits per heavy atom. The molecule has 1 aliphatic carbocycles. The summed E-state index contributed by atoms with van der Waals surface area (Å²) in [4.78, 5) is 4.66. The van der Waals surface area contributed by atoms with Crippen LogP contribution in [-0.4, -0.2) is 15.4 Å². The van der Waals surface area contributed by atoms with Gasteiger partial charge < -0.3 is 4.57 Å². The normalized spacial score (nSPS) is 23.2. The Kier molecular flexibility index (Phi) is 2.80. The molecule has 0 N–H and O–H groups in total. The molecule has 2 unspecified atom stereocenters. The summed E-state index contributed by atoms with van der Waals surface area (Å²) in [6.45, 7) is 2.27. The predicted molar refractivity (Wildman–Crippen MR) is 72.0 cm³/mol. The molecule has 0 bridgehead atoms. The van der Waals surface area contributed by atoms with Gasteiger partial charge in [0.15, 0.2) is 0 Å². The van der Waals surface area contributed by atoms with E-state index in [-0.39, 0.29) is 0 Å². The fraction of sp³-hybridized carbons (Fsp3) is 0.462. The minimum absolute atomic E-state index is 0.580. The molecule has 4 heteroatoms. The summed E-state index contributed by atoms with van der Waals surface area (Å²) in [5, 5.41) is 0.768. The van der Waals surface area contributed by atoms with Gasteiger partial charge in [-0.05, 0) is 30.5 Å². The summed E-state index contributed by atoms with van der Waals surface area (Å²) >= 11 is 11.9. The van der Waals surface area contributed by atoms with Gasteiger partial charge in [-0.3, -0.25) is 0 Å². The molecule has 1 aromatic carbocycles. The highest BCUT2D eigenvalue weighted by Crippen LogP contribution is 2.45. The SMILES string of the molecule is CC1CC1n1c(CCCl)nc2ccc(Cl)cc21. The minimum atomic E-state index is 0.580. The van der Waals surface area contributed by atoms with Gasteiger partial charge in [0.1, 0.15) is 5.82 Å². The van der Waals surface area contributed by atoms with Crippen molar-refractivity contribution in [1.82, 2.24) is 9.55 Å². The number of fused-ring (bicyclic) bond motifs is 1. The lowest BCUT2D eigenvalue weighted by molar-refractivity contribution is 0.665. The fourth-order valence-electron chi connectivity index (χ4n) is 2.41. The molecular formula is C13H14Cl2N2. The molecule has 0 saturated heterocycles. The Bertz CT molecular complexity index is 562. The van der Waals surface area contributed by atoms with Crippen LogP contribution in [0.5, 0.6) is 0 Å². The van der Waals surface area contributed by atoms with Crippen LogP contribution in [0.4, 0.5) is 0 Å². The number of hydrogen-bond acceptors (Lipinski definition) is 1. The standard InChI is InChI=1S/C13H14Cl2N2/c1-8-6-11(8)17-12-7-9(15)2-3-10(12)16-13(17)4-5-14/h2-3,7-8,11H,4-6H2,1H3. The number of rotatable bonds is 3. The second-order valence-electron chi connectivity index (χ2n) is 4.75. The molecule has 2 nitrogen and oxygen atoms in total. The first-order valence-corrected chi connectivity index (χ1v) is 6.84. The molecule has 2 aromatic rings. The van der Waals surface area contributed by atoms with Gasteiger partial charge in [0.2, 0.25) is 0 Å². The van der Waals surface area contributed by atoms with Crippen LogP contribution in [0.1, 0.15) is 25.2 Å². The van der Waals surface area contributed by atoms with Crippen molar-refractivity contribution >= 4 is 34.2 Å². The molecule has 0 amide bonds. The van der Waals surface area contributed by atoms with Crippen molar-refractivity contribution in [1.29, 1.82) is 0 Å². The molecule has 2 atom stereocenters. The number of imidazole rings is 1. The fourth-order valence-corrected chi connectivity index (χ4v) is 2.74. The summed E-state index contributed by atoms with van der Waals surface area (Å²) in [6, 6.07) is 6.46. The van der Waals surface area contributed by atoms with E-state index < -0.39 is 0 Å². The molecule has 1 fully saturated rings. The Morgan fingerprint density at radius 2 is 2.24 bits per heavy atom. The van der Waals surface area contributed by atoms with Gasteiger partial charge in [0.05, 0.1) is 11.0 Å². The van der Waals surface area contributed by atoms with Crippen molar-refractivity contribution in [3.8, 4) is 0 Å². The maximum Gasteiger partial charge on any atom is 0.111 e. The molecule has 90 valence electrons. The minimum Gasteiger partial charge on any atom is -0.325 e. The predicted octanol–water partition coefficient (Wildman–Crippen LogP) is 4.05. The maximum absolute atomic E-state index is 6.07. The molecule has 0 spiro atoms. The van der Waals surface area contributed by atoms with E-state index in [4.69, 9.17) is 23.2 Å². The van der Waals surface area contributed by atoms with Crippen LogP contribution in [0.2, 0.25) is 5.02 Å². The average molecular weight is 269 g/mol. The van der Waals surface area contributed by atoms with Crippen molar-refractivity contribution in [2.75, 3.05) is 5.88 Å². The number of halogens is 2. The Hall–Kier alpha value is -0.730. The second kappa shape index (κ2) is 4.18. The van der Waals surface area contributed by atoms with E-state index in [1.165, 1.54) is 6.42 Å². The number of nitrogens with zero attached hydrogens (tertiary/aromatic N) is 2. The number of benzene rings is 1. The first kappa shape index (κ1) is 11.4. The first-order valence-electron chi connectivity index (χ1n) is 5.93. The van der Waals surface area contributed by atoms with Crippen molar-refractivity contribution in [2.24, 2.45) is 5.92 Å². The van der Waals surface area contributed by atoms with E-state index in [1.807, 2.05) is 18.2 Å². The zero-order chi connectivity index (χ0) is 12.0. The van der Waals surface area contributed by atoms with Crippen LogP contribution in [0.25, 0.3) is 11.0 Å². The molecule has 0 radical (unpaired) electrons. The van der Waals surface area contributed by atoms with E-state index in [0.29, 0.717) is 11.9 Å². The molecule has 1 aliphatic rings. The third-order valence-electron chi connectivity index (χ3n) is 3.44. The number of alkyl halides is 1. The van der Waals surface area contributed by atoms with Crippen LogP contribution in [0.15, 0.2) is 18.2 Å². The summed E-state index contributed by atoms with van der Waals surface area (Å²) < 4.78 is 2.33. The molecule has 17 heavy (non-hydrogen) atoms. The average Bonchev–Trinajstić information content (AvgIpc) is 2.89. The van der Waals surface area contributed by atoms with Crippen LogP contribution in [0, 0.1) is 5.92 Å². The number of aryl methyl sites for hydroxylation is 1. The smallest absolute Gasteiger partial charge is 0.111 e. The monoisotopic (exact) mass is 268 g/mol. The van der Waals surface area contributed by atoms with E-state index in [1.54, 1.807) is 0 Å². The molecule has 3 rings (SSSR count). The van der Waals surface area contributed by atoms with Gasteiger partial charge in [-0.25, -0.2) is 4.98 Å². The summed E-state index contributed by atoms with van der Waals surface area (Å²) in [5.74, 6) is 2.44. The largest absolute Gasteiger partial charge is 0.325 e. The van der Waals surface area contributed by atoms with Crippen LogP contribution < -0.4 is 0 Å². The molecule has 0 aliphatic heterocycles. The lowest BCUT2D eigenvalue weighted by Gasteiger charge is -2.07. The van der Waals surface area contributed by atoms with E-state index in [2.05, 4.69) is 16.5 Å². The lowest BCUT2D eigenvalue weighted by atomic mass is 10.3. The lowest BCUT2D eigenvalue weighted by Crippen LogP contribution is -2.03. The highest BCUT2D eigenvalue weighted by molar-refractivity contribution is 6.31. The van der Waals surface area contributed by atoms with E-state index >= 15 is 0 Å². The zero-order valence-corrected chi connectivity index (χ0v) is 11.2. The van der Waals surface area contributed by atoms with Gasteiger partial charge in [-0.15, -0.1) is 11.6 Å². The third kappa shape index (κ3) is 1.94. The number of hydrogen-bond donors (Lipinski definition) is 0. The second-order valence-corrected chi connectivity index (χ2v) is 5.56. The van der Waals surface area contributed by atoms with Crippen molar-refractivity contribution in [2.45, 2.75) is 25.8 Å². The van der Waals surface area contributed by atoms with E-state index in [9.17, 15) is 0 Å². The third-order valence-corrected chi connectivity index (χ3v) is 3.87. The van der Waals surface area contributed by atoms with Crippen LogP contribution in [0.3, 0.4) is 0 Å². The first-order chi connectivity index (χ1) is 8.20. The quantitative estimate of drug-likeness (QED) is 0.768. The molecule has 1 heterocycles. The Morgan fingerprint density at radius 1 is 1.47 bits per heavy atom. The van der Waals surface area contributed by atoms with Crippen molar-refractivity contribution < 1.29 is 0 Å². The molecular weight excluding hydrogens is 255 g/mol. The topological polar surface area (TPSA) is 17.8 Å². The van der Waals surface area contributed by atoms with Crippen molar-refractivity contribution in [3.05, 3.63) is 29.0 Å². The van der Waals surface area contributed by atoms with Crippen LogP contribution in [-0.2, 0) is 6.42 Å². The van der Waals surface area contributed by atoms with Gasteiger partial charge in [0, 0.05) is 23.4 Å². The highest BCUT2D eigenvalue weighted by atomic mass is 35.5. The molecule has 1 saturated carbocycles. The molecule has 1 aromatic heterocycles. The highest BCUT2D eigenvalue weighted by Gasteiger charge is 2.36. The van der Waals surface area contributed by atoms with Crippen molar-refractivity contribution in [3.63, 3.8) is 0 Å². The summed E-state index contributed by atoms with van der Waals surface area (Å²) in [6.07, 6.45) is 2.05. The van der Waals surface area contributed by atoms with Gasteiger partial charge in [0.25, 0.3) is 0 Å². The summed E-state index contributed by atoms with van der Waals surface area (Å²) in [7, 11) is 0. The Balaban J connectivity index is 2.18. The summed E-state index contributed by atoms with van der Waals surface area (Å²) in [5.41, 5.74) is 2.17. The number of aromatic nitrogens is 2. The van der Waals surface area contributed by atoms with E-state index in [0.717, 1.165) is 34.2 Å². The Labute approximate surface area is 111 Å². The zero-order valence-electron chi connectivity index (χ0n) is 9.66. The van der Waals surface area contributed by atoms with Gasteiger partial charge >= 0.3 is 0 Å².